The molecule has 0 bridgehead atoms. The first kappa shape index (κ1) is 14.0. The predicted octanol–water partition coefficient (Wildman–Crippen LogP) is 2.62. The molecule has 0 aromatic heterocycles. The molecule has 1 aromatic carbocycles. The summed E-state index contributed by atoms with van der Waals surface area (Å²) in [4.78, 5) is 22.5. The van der Waals surface area contributed by atoms with Gasteiger partial charge in [0.15, 0.2) is 5.03 Å². The molecule has 0 unspecified atom stereocenters. The highest BCUT2D eigenvalue weighted by molar-refractivity contribution is 5.66. The molecule has 1 aromatic rings. The molecule has 0 saturated carbocycles. The number of ether oxygens (including phenoxy) is 1. The van der Waals surface area contributed by atoms with Crippen molar-refractivity contribution in [2.75, 3.05) is 0 Å². The summed E-state index contributed by atoms with van der Waals surface area (Å²) in [6, 6.07) is 8.72. The monoisotopic (exact) mass is 252 g/mol. The van der Waals surface area contributed by atoms with E-state index < -0.39 is 16.7 Å². The minimum atomic E-state index is -0.962. The maximum Gasteiger partial charge on any atom is 0.469 e. The molecule has 0 radical (unpaired) electrons. The summed E-state index contributed by atoms with van der Waals surface area (Å²) in [6.45, 7) is 4.85. The van der Waals surface area contributed by atoms with E-state index >= 15 is 0 Å². The van der Waals surface area contributed by atoms with Gasteiger partial charge < -0.3 is 4.74 Å². The predicted molar refractivity (Wildman–Crippen MR) is 65.2 cm³/mol. The summed E-state index contributed by atoms with van der Waals surface area (Å²) in [7, 11) is 0. The van der Waals surface area contributed by atoms with Crippen molar-refractivity contribution in [1.29, 1.82) is 0 Å². The van der Waals surface area contributed by atoms with Crippen LogP contribution in [0.3, 0.4) is 0 Å². The van der Waals surface area contributed by atoms with Crippen molar-refractivity contribution in [2.45, 2.75) is 32.9 Å². The van der Waals surface area contributed by atoms with Crippen LogP contribution in [0.25, 0.3) is 0 Å². The number of carbonyl (C=O) groups excluding carboxylic acids is 1. The third-order valence-corrected chi connectivity index (χ3v) is 1.98. The Labute approximate surface area is 105 Å². The number of rotatable bonds is 3. The lowest BCUT2D eigenvalue weighted by molar-refractivity contribution is -0.639. The lowest BCUT2D eigenvalue weighted by Crippen LogP contribution is -2.39. The highest BCUT2D eigenvalue weighted by Gasteiger charge is 2.30. The smallest absolute Gasteiger partial charge is 0.440 e. The molecule has 0 aliphatic heterocycles. The lowest BCUT2D eigenvalue weighted by Gasteiger charge is -2.21. The van der Waals surface area contributed by atoms with Crippen molar-refractivity contribution < 1.29 is 14.6 Å². The van der Waals surface area contributed by atoms with Crippen LogP contribution < -0.4 is 0 Å². The standard InChI is InChI=1S/C12H16N2O4/c1-12(2,3)18-11(15)13(14(16)17)9-10-7-5-4-6-8-10/h4-8H,9H2,1-3H3. The van der Waals surface area contributed by atoms with E-state index in [2.05, 4.69) is 0 Å². The maximum absolute atomic E-state index is 11.7. The fourth-order valence-electron chi connectivity index (χ4n) is 1.26. The van der Waals surface area contributed by atoms with Gasteiger partial charge in [-0.2, -0.15) is 0 Å². The number of hydrogen-bond acceptors (Lipinski definition) is 4. The Morgan fingerprint density at radius 3 is 2.33 bits per heavy atom. The SMILES string of the molecule is CC(C)(C)OC(=O)N(Cc1ccccc1)[N+](=O)[O-]. The van der Waals surface area contributed by atoms with Crippen LogP contribution in [0, 0.1) is 10.1 Å². The van der Waals surface area contributed by atoms with Gasteiger partial charge in [-0.05, 0) is 31.3 Å². The van der Waals surface area contributed by atoms with Gasteiger partial charge >= 0.3 is 6.09 Å². The molecule has 0 heterocycles. The third-order valence-electron chi connectivity index (χ3n) is 1.98. The molecule has 0 atom stereocenters. The summed E-state index contributed by atoms with van der Waals surface area (Å²) in [5, 5.41) is 10.6. The largest absolute Gasteiger partial charge is 0.469 e. The second kappa shape index (κ2) is 5.48. The van der Waals surface area contributed by atoms with Gasteiger partial charge in [-0.15, -0.1) is 0 Å². The van der Waals surface area contributed by atoms with Crippen molar-refractivity contribution in [3.8, 4) is 0 Å². The average Bonchev–Trinajstić information content (AvgIpc) is 2.24. The summed E-state index contributed by atoms with van der Waals surface area (Å²) < 4.78 is 4.98. The van der Waals surface area contributed by atoms with Crippen molar-refractivity contribution in [2.24, 2.45) is 0 Å². The summed E-state index contributed by atoms with van der Waals surface area (Å²) in [5.41, 5.74) is -0.0952. The van der Waals surface area contributed by atoms with E-state index in [-0.39, 0.29) is 6.54 Å². The highest BCUT2D eigenvalue weighted by atomic mass is 16.7. The Bertz CT molecular complexity index is 425. The van der Waals surface area contributed by atoms with E-state index in [1.807, 2.05) is 0 Å². The quantitative estimate of drug-likeness (QED) is 0.612. The molecule has 0 N–H and O–H groups in total. The second-order valence-corrected chi connectivity index (χ2v) is 4.76. The van der Waals surface area contributed by atoms with Crippen molar-refractivity contribution in [3.63, 3.8) is 0 Å². The van der Waals surface area contributed by atoms with E-state index in [0.29, 0.717) is 10.6 Å². The number of nitrogens with zero attached hydrogens (tertiary/aromatic N) is 2. The van der Waals surface area contributed by atoms with Gasteiger partial charge in [0, 0.05) is 0 Å². The Morgan fingerprint density at radius 2 is 1.89 bits per heavy atom. The lowest BCUT2D eigenvalue weighted by atomic mass is 10.2. The van der Waals surface area contributed by atoms with Gasteiger partial charge in [-0.3, -0.25) is 0 Å². The molecular weight excluding hydrogens is 236 g/mol. The van der Waals surface area contributed by atoms with Gasteiger partial charge in [0.05, 0.1) is 0 Å². The van der Waals surface area contributed by atoms with Crippen LogP contribution in [0.2, 0.25) is 0 Å². The maximum atomic E-state index is 11.7. The topological polar surface area (TPSA) is 72.7 Å². The highest BCUT2D eigenvalue weighted by Crippen LogP contribution is 2.12. The first-order chi connectivity index (χ1) is 8.29. The van der Waals surface area contributed by atoms with Crippen LogP contribution in [0.4, 0.5) is 4.79 Å². The van der Waals surface area contributed by atoms with Gasteiger partial charge in [0.1, 0.15) is 12.1 Å². The van der Waals surface area contributed by atoms with Gasteiger partial charge in [0.25, 0.3) is 0 Å². The number of hydrazine groups is 1. The van der Waals surface area contributed by atoms with Gasteiger partial charge in [-0.25, -0.2) is 14.9 Å². The minimum Gasteiger partial charge on any atom is -0.440 e. The molecule has 6 heteroatoms. The zero-order chi connectivity index (χ0) is 13.8. The normalized spacial score (nSPS) is 10.8. The summed E-state index contributed by atoms with van der Waals surface area (Å²) in [6.07, 6.45) is -0.962. The Balaban J connectivity index is 2.78. The van der Waals surface area contributed by atoms with E-state index in [0.717, 1.165) is 0 Å². The Kier molecular flexibility index (Phi) is 4.25. The van der Waals surface area contributed by atoms with Crippen LogP contribution >= 0.6 is 0 Å². The van der Waals surface area contributed by atoms with E-state index in [9.17, 15) is 14.9 Å². The molecule has 1 amide bonds. The Morgan fingerprint density at radius 1 is 1.33 bits per heavy atom. The number of amides is 1. The first-order valence-electron chi connectivity index (χ1n) is 5.48. The molecule has 6 nitrogen and oxygen atoms in total. The van der Waals surface area contributed by atoms with Crippen molar-refractivity contribution in [3.05, 3.63) is 46.0 Å². The first-order valence-corrected chi connectivity index (χ1v) is 5.48. The molecule has 1 rings (SSSR count). The van der Waals surface area contributed by atoms with Crippen molar-refractivity contribution >= 4 is 6.09 Å². The molecule has 0 fully saturated rings. The summed E-state index contributed by atoms with van der Waals surface area (Å²) >= 11 is 0. The van der Waals surface area contributed by atoms with Crippen molar-refractivity contribution in [1.82, 2.24) is 5.01 Å². The molecule has 98 valence electrons. The molecular formula is C12H16N2O4. The zero-order valence-corrected chi connectivity index (χ0v) is 10.6. The molecule has 0 aliphatic carbocycles. The molecule has 0 aliphatic rings. The minimum absolute atomic E-state index is 0.122. The van der Waals surface area contributed by atoms with Crippen LogP contribution in [-0.4, -0.2) is 21.7 Å². The number of benzene rings is 1. The zero-order valence-electron chi connectivity index (χ0n) is 10.6. The van der Waals surface area contributed by atoms with E-state index in [4.69, 9.17) is 4.74 Å². The van der Waals surface area contributed by atoms with E-state index in [1.165, 1.54) is 0 Å². The fraction of sp³-hybridized carbons (Fsp3) is 0.417. The number of nitro groups is 1. The average molecular weight is 252 g/mol. The second-order valence-electron chi connectivity index (χ2n) is 4.76. The fourth-order valence-corrected chi connectivity index (χ4v) is 1.26. The molecule has 18 heavy (non-hydrogen) atoms. The Hall–Kier alpha value is -2.11. The van der Waals surface area contributed by atoms with Crippen LogP contribution in [0.1, 0.15) is 26.3 Å². The van der Waals surface area contributed by atoms with Crippen LogP contribution in [0.15, 0.2) is 30.3 Å². The third kappa shape index (κ3) is 4.40. The number of hydrogen-bond donors (Lipinski definition) is 0. The summed E-state index contributed by atoms with van der Waals surface area (Å²) in [5.74, 6) is 0. The van der Waals surface area contributed by atoms with E-state index in [1.54, 1.807) is 51.1 Å². The van der Waals surface area contributed by atoms with Crippen LogP contribution in [-0.2, 0) is 11.3 Å². The molecule has 0 saturated heterocycles. The van der Waals surface area contributed by atoms with Crippen LogP contribution in [0.5, 0.6) is 0 Å². The molecule has 0 spiro atoms. The van der Waals surface area contributed by atoms with Gasteiger partial charge in [0.2, 0.25) is 0 Å². The number of carbonyl (C=O) groups is 1. The van der Waals surface area contributed by atoms with Gasteiger partial charge in [-0.1, -0.05) is 30.3 Å².